The molecule has 1 heterocycles. The molecular formula is C26H28N2O4. The van der Waals surface area contributed by atoms with Crippen molar-refractivity contribution >= 4 is 24.3 Å². The third kappa shape index (κ3) is 4.30. The number of carbonyl (C=O) groups is 1. The van der Waals surface area contributed by atoms with E-state index in [1.807, 2.05) is 44.2 Å². The second kappa shape index (κ2) is 9.14. The van der Waals surface area contributed by atoms with Crippen molar-refractivity contribution in [3.8, 4) is 11.6 Å². The number of pyridine rings is 1. The second-order valence-electron chi connectivity index (χ2n) is 7.79. The van der Waals surface area contributed by atoms with E-state index in [-0.39, 0.29) is 10.4 Å². The summed E-state index contributed by atoms with van der Waals surface area (Å²) in [6, 6.07) is 13.1. The van der Waals surface area contributed by atoms with E-state index in [0.717, 1.165) is 40.0 Å². The molecule has 6 nitrogen and oxygen atoms in total. The summed E-state index contributed by atoms with van der Waals surface area (Å²) in [7, 11) is 0. The van der Waals surface area contributed by atoms with Crippen LogP contribution in [-0.4, -0.2) is 33.8 Å². The van der Waals surface area contributed by atoms with Gasteiger partial charge in [-0.1, -0.05) is 24.8 Å². The third-order valence-electron chi connectivity index (χ3n) is 5.51. The second-order valence-corrected chi connectivity index (χ2v) is 7.79. The van der Waals surface area contributed by atoms with Crippen LogP contribution in [0.4, 0.5) is 5.69 Å². The van der Waals surface area contributed by atoms with Crippen molar-refractivity contribution < 1.29 is 15.0 Å². The normalized spacial score (nSPS) is 11.6. The Morgan fingerprint density at radius 2 is 1.62 bits per heavy atom. The van der Waals surface area contributed by atoms with Crippen LogP contribution >= 0.6 is 0 Å². The Hall–Kier alpha value is -3.80. The maximum Gasteiger partial charge on any atom is 0.341 e. The Balaban J connectivity index is 2.31. The molecule has 0 atom stereocenters. The van der Waals surface area contributed by atoms with Crippen LogP contribution in [-0.2, 0) is 0 Å². The summed E-state index contributed by atoms with van der Waals surface area (Å²) >= 11 is 0. The lowest BCUT2D eigenvalue weighted by Crippen LogP contribution is -2.46. The molecule has 3 aromatic rings. The molecule has 3 rings (SSSR count). The first-order valence-corrected chi connectivity index (χ1v) is 10.5. The molecule has 2 N–H and O–H groups in total. The van der Waals surface area contributed by atoms with Gasteiger partial charge in [0.1, 0.15) is 5.56 Å². The molecule has 32 heavy (non-hydrogen) atoms. The van der Waals surface area contributed by atoms with Gasteiger partial charge in [-0.15, -0.1) is 0 Å². The SMILES string of the molecule is C=c1c(C(=O)O)c(O)n(-c2cc(C)cc(C)c2)c(=O)c1=Cc1ccc(N(CC)CC)cc1. The van der Waals surface area contributed by atoms with E-state index in [0.29, 0.717) is 5.69 Å². The monoisotopic (exact) mass is 432 g/mol. The van der Waals surface area contributed by atoms with Crippen LogP contribution in [0.3, 0.4) is 0 Å². The predicted molar refractivity (Wildman–Crippen MR) is 128 cm³/mol. The van der Waals surface area contributed by atoms with Crippen LogP contribution in [0.15, 0.2) is 47.3 Å². The summed E-state index contributed by atoms with van der Waals surface area (Å²) < 4.78 is 1.04. The number of benzene rings is 2. The van der Waals surface area contributed by atoms with Crippen molar-refractivity contribution in [2.45, 2.75) is 27.7 Å². The number of aromatic nitrogens is 1. The number of anilines is 1. The van der Waals surface area contributed by atoms with Crippen LogP contribution in [0.5, 0.6) is 5.88 Å². The van der Waals surface area contributed by atoms with Gasteiger partial charge in [-0.3, -0.25) is 4.79 Å². The summed E-state index contributed by atoms with van der Waals surface area (Å²) in [6.45, 7) is 13.5. The van der Waals surface area contributed by atoms with Gasteiger partial charge in [-0.25, -0.2) is 9.36 Å². The standard InChI is InChI=1S/C26H28N2O4/c1-6-27(7-2)20-10-8-19(9-11-20)15-22-18(5)23(26(31)32)25(30)28(24(22)29)21-13-16(3)12-17(4)14-21/h8-15,30H,5-7H2,1-4H3,(H,31,32). The fourth-order valence-corrected chi connectivity index (χ4v) is 3.96. The summed E-state index contributed by atoms with van der Waals surface area (Å²) in [5.74, 6) is -1.98. The zero-order valence-corrected chi connectivity index (χ0v) is 18.8. The Kier molecular flexibility index (Phi) is 6.53. The van der Waals surface area contributed by atoms with Gasteiger partial charge < -0.3 is 15.1 Å². The van der Waals surface area contributed by atoms with Crippen molar-refractivity contribution in [3.63, 3.8) is 0 Å². The van der Waals surface area contributed by atoms with E-state index in [1.54, 1.807) is 18.2 Å². The van der Waals surface area contributed by atoms with Crippen LogP contribution in [0.2, 0.25) is 0 Å². The molecule has 0 fully saturated rings. The Bertz CT molecular complexity index is 1310. The molecule has 0 unspecified atom stereocenters. The fraction of sp³-hybridized carbons (Fsp3) is 0.231. The first-order valence-electron chi connectivity index (χ1n) is 10.5. The summed E-state index contributed by atoms with van der Waals surface area (Å²) in [4.78, 5) is 27.5. The van der Waals surface area contributed by atoms with E-state index in [9.17, 15) is 19.8 Å². The highest BCUT2D eigenvalue weighted by Crippen LogP contribution is 2.19. The molecule has 0 aliphatic carbocycles. The van der Waals surface area contributed by atoms with E-state index < -0.39 is 23.0 Å². The molecule has 0 aliphatic heterocycles. The molecule has 2 aromatic carbocycles. The predicted octanol–water partition coefficient (Wildman–Crippen LogP) is 2.94. The molecule has 0 radical (unpaired) electrons. The number of hydrogen-bond donors (Lipinski definition) is 2. The minimum absolute atomic E-state index is 0.0200. The number of hydrogen-bond acceptors (Lipinski definition) is 4. The molecule has 0 bridgehead atoms. The minimum atomic E-state index is -1.35. The van der Waals surface area contributed by atoms with Crippen molar-refractivity contribution in [2.24, 2.45) is 0 Å². The number of aromatic carboxylic acids is 1. The molecule has 6 heteroatoms. The molecule has 0 amide bonds. The molecule has 166 valence electrons. The average molecular weight is 433 g/mol. The lowest BCUT2D eigenvalue weighted by Gasteiger charge is -2.20. The number of carboxylic acids is 1. The van der Waals surface area contributed by atoms with E-state index in [4.69, 9.17) is 0 Å². The van der Waals surface area contributed by atoms with Crippen molar-refractivity contribution in [1.29, 1.82) is 0 Å². The third-order valence-corrected chi connectivity index (χ3v) is 5.51. The zero-order valence-electron chi connectivity index (χ0n) is 18.8. The summed E-state index contributed by atoms with van der Waals surface area (Å²) in [5.41, 5.74) is 3.05. The smallest absolute Gasteiger partial charge is 0.341 e. The highest BCUT2D eigenvalue weighted by molar-refractivity contribution is 5.90. The van der Waals surface area contributed by atoms with E-state index >= 15 is 0 Å². The molecule has 0 saturated heterocycles. The topological polar surface area (TPSA) is 82.8 Å². The quantitative estimate of drug-likeness (QED) is 0.626. The fourth-order valence-electron chi connectivity index (χ4n) is 3.96. The van der Waals surface area contributed by atoms with Crippen LogP contribution in [0.1, 0.15) is 40.9 Å². The van der Waals surface area contributed by atoms with Crippen LogP contribution < -0.4 is 20.9 Å². The van der Waals surface area contributed by atoms with E-state index in [1.165, 1.54) is 0 Å². The maximum absolute atomic E-state index is 13.4. The van der Waals surface area contributed by atoms with Crippen LogP contribution in [0.25, 0.3) is 18.3 Å². The van der Waals surface area contributed by atoms with Gasteiger partial charge in [-0.05, 0) is 79.9 Å². The van der Waals surface area contributed by atoms with Crippen molar-refractivity contribution in [2.75, 3.05) is 18.0 Å². The highest BCUT2D eigenvalue weighted by atomic mass is 16.4. The average Bonchev–Trinajstić information content (AvgIpc) is 2.72. The Morgan fingerprint density at radius 1 is 1.06 bits per heavy atom. The van der Waals surface area contributed by atoms with Gasteiger partial charge in [0.15, 0.2) is 0 Å². The molecule has 0 aliphatic rings. The maximum atomic E-state index is 13.4. The Labute approximate surface area is 187 Å². The first-order chi connectivity index (χ1) is 15.2. The van der Waals surface area contributed by atoms with Crippen molar-refractivity contribution in [3.05, 3.63) is 85.5 Å². The first kappa shape index (κ1) is 22.9. The van der Waals surface area contributed by atoms with Gasteiger partial charge in [-0.2, -0.15) is 0 Å². The highest BCUT2D eigenvalue weighted by Gasteiger charge is 2.20. The van der Waals surface area contributed by atoms with Gasteiger partial charge in [0.25, 0.3) is 5.56 Å². The molecule has 0 saturated carbocycles. The van der Waals surface area contributed by atoms with E-state index in [2.05, 4.69) is 25.3 Å². The molecular weight excluding hydrogens is 404 g/mol. The number of aryl methyl sites for hydroxylation is 2. The number of aromatic hydroxyl groups is 1. The van der Waals surface area contributed by atoms with Gasteiger partial charge >= 0.3 is 5.97 Å². The number of rotatable bonds is 6. The molecule has 0 spiro atoms. The number of carboxylic acid groups (broad SMARTS) is 1. The van der Waals surface area contributed by atoms with Crippen LogP contribution in [0, 0.1) is 13.8 Å². The van der Waals surface area contributed by atoms with Gasteiger partial charge in [0.05, 0.1) is 5.69 Å². The lowest BCUT2D eigenvalue weighted by atomic mass is 10.1. The molecule has 1 aromatic heterocycles. The van der Waals surface area contributed by atoms with Crippen molar-refractivity contribution in [1.82, 2.24) is 4.57 Å². The summed E-state index contributed by atoms with van der Waals surface area (Å²) in [6.07, 6.45) is 1.61. The zero-order chi connectivity index (χ0) is 23.6. The Morgan fingerprint density at radius 3 is 2.12 bits per heavy atom. The van der Waals surface area contributed by atoms with Gasteiger partial charge in [0.2, 0.25) is 5.88 Å². The summed E-state index contributed by atoms with van der Waals surface area (Å²) in [5, 5.41) is 20.5. The minimum Gasteiger partial charge on any atom is -0.493 e. The largest absolute Gasteiger partial charge is 0.493 e. The number of nitrogens with zero attached hydrogens (tertiary/aromatic N) is 2. The van der Waals surface area contributed by atoms with Gasteiger partial charge in [0, 0.05) is 24.0 Å². The lowest BCUT2D eigenvalue weighted by molar-refractivity contribution is 0.0690.